The van der Waals surface area contributed by atoms with Crippen molar-refractivity contribution < 1.29 is 4.79 Å². The minimum atomic E-state index is -0.397. The van der Waals surface area contributed by atoms with E-state index in [1.807, 2.05) is 42.5 Å². The van der Waals surface area contributed by atoms with Crippen LogP contribution in [-0.4, -0.2) is 15.3 Å². The number of carbonyl (C=O) groups excluding carboxylic acids is 1. The van der Waals surface area contributed by atoms with E-state index in [0.29, 0.717) is 0 Å². The predicted molar refractivity (Wildman–Crippen MR) is 136 cm³/mol. The summed E-state index contributed by atoms with van der Waals surface area (Å²) in [6.07, 6.45) is 0.724. The highest BCUT2D eigenvalue weighted by Gasteiger charge is 2.60. The van der Waals surface area contributed by atoms with Crippen LogP contribution in [0.3, 0.4) is 0 Å². The molecule has 0 unspecified atom stereocenters. The molecule has 0 bridgehead atoms. The molecule has 1 fully saturated rings. The number of aryl methyl sites for hydroxylation is 1. The number of imidazole rings is 1. The third-order valence-corrected chi connectivity index (χ3v) is 7.50. The van der Waals surface area contributed by atoms with Crippen LogP contribution < -0.4 is 0 Å². The molecular weight excluding hydrogens is 416 g/mol. The quantitative estimate of drug-likeness (QED) is 0.289. The Morgan fingerprint density at radius 1 is 0.794 bits per heavy atom. The van der Waals surface area contributed by atoms with Crippen LogP contribution in [0.5, 0.6) is 0 Å². The van der Waals surface area contributed by atoms with E-state index in [4.69, 9.17) is 4.98 Å². The standard InChI is InChI=1S/C31H26N2O/c1-33-27-20-12-11-19-26(27)32-30(33)31(24-17-9-4-10-18-24)21-25(28(31)22-13-5-2-6-14-22)29(34)23-15-7-3-8-16-23/h2-20,25,28H,21H2,1H3/t25-,28+,31+/m1/s1. The van der Waals surface area contributed by atoms with Crippen molar-refractivity contribution in [2.45, 2.75) is 17.8 Å². The van der Waals surface area contributed by atoms with Crippen molar-refractivity contribution in [3.05, 3.63) is 138 Å². The molecule has 4 aromatic carbocycles. The molecule has 0 aliphatic heterocycles. The van der Waals surface area contributed by atoms with Crippen LogP contribution in [0.2, 0.25) is 0 Å². The van der Waals surface area contributed by atoms with Crippen molar-refractivity contribution in [1.29, 1.82) is 0 Å². The Balaban J connectivity index is 1.59. The molecule has 6 rings (SSSR count). The molecule has 34 heavy (non-hydrogen) atoms. The summed E-state index contributed by atoms with van der Waals surface area (Å²) >= 11 is 0. The van der Waals surface area contributed by atoms with Crippen LogP contribution in [0.4, 0.5) is 0 Å². The number of hydrogen-bond acceptors (Lipinski definition) is 2. The smallest absolute Gasteiger partial charge is 0.166 e. The second-order valence-corrected chi connectivity index (χ2v) is 9.25. The maximum absolute atomic E-state index is 13.8. The number of para-hydroxylation sites is 2. The van der Waals surface area contributed by atoms with Gasteiger partial charge in [-0.3, -0.25) is 4.79 Å². The van der Waals surface area contributed by atoms with Crippen molar-refractivity contribution in [2.75, 3.05) is 0 Å². The summed E-state index contributed by atoms with van der Waals surface area (Å²) in [5.74, 6) is 1.09. The van der Waals surface area contributed by atoms with Crippen molar-refractivity contribution in [2.24, 2.45) is 13.0 Å². The molecule has 0 amide bonds. The fraction of sp³-hybridized carbons (Fsp3) is 0.161. The van der Waals surface area contributed by atoms with Crippen LogP contribution >= 0.6 is 0 Å². The van der Waals surface area contributed by atoms with Crippen LogP contribution in [-0.2, 0) is 12.5 Å². The average molecular weight is 443 g/mol. The van der Waals surface area contributed by atoms with E-state index in [1.165, 1.54) is 11.1 Å². The first-order valence-electron chi connectivity index (χ1n) is 11.8. The molecule has 1 aliphatic rings. The Kier molecular flexibility index (Phi) is 4.91. The summed E-state index contributed by atoms with van der Waals surface area (Å²) in [5, 5.41) is 0. The van der Waals surface area contributed by atoms with E-state index in [1.54, 1.807) is 0 Å². The number of hydrogen-bond donors (Lipinski definition) is 0. The van der Waals surface area contributed by atoms with Gasteiger partial charge in [0.2, 0.25) is 0 Å². The lowest BCUT2D eigenvalue weighted by Crippen LogP contribution is -2.54. The van der Waals surface area contributed by atoms with Gasteiger partial charge in [0, 0.05) is 24.4 Å². The second kappa shape index (κ2) is 8.11. The average Bonchev–Trinajstić information content (AvgIpc) is 3.22. The van der Waals surface area contributed by atoms with E-state index < -0.39 is 5.41 Å². The maximum Gasteiger partial charge on any atom is 0.166 e. The largest absolute Gasteiger partial charge is 0.330 e. The zero-order valence-corrected chi connectivity index (χ0v) is 19.1. The molecular formula is C31H26N2O. The molecule has 3 heteroatoms. The summed E-state index contributed by atoms with van der Waals surface area (Å²) in [6, 6.07) is 39.1. The lowest BCUT2D eigenvalue weighted by atomic mass is 9.47. The molecule has 1 saturated carbocycles. The normalized spacial score (nSPS) is 21.8. The summed E-state index contributed by atoms with van der Waals surface area (Å²) < 4.78 is 2.22. The van der Waals surface area contributed by atoms with Gasteiger partial charge in [0.15, 0.2) is 5.78 Å². The molecule has 0 radical (unpaired) electrons. The van der Waals surface area contributed by atoms with Crippen LogP contribution in [0.1, 0.15) is 39.6 Å². The molecule has 1 aromatic heterocycles. The monoisotopic (exact) mass is 442 g/mol. The summed E-state index contributed by atoms with van der Waals surface area (Å²) in [5.41, 5.74) is 4.86. The number of carbonyl (C=O) groups is 1. The van der Waals surface area contributed by atoms with Crippen molar-refractivity contribution in [1.82, 2.24) is 9.55 Å². The second-order valence-electron chi connectivity index (χ2n) is 9.25. The first-order valence-corrected chi connectivity index (χ1v) is 11.8. The first kappa shape index (κ1) is 20.6. The van der Waals surface area contributed by atoms with E-state index in [0.717, 1.165) is 28.8 Å². The number of ketones is 1. The molecule has 0 N–H and O–H groups in total. The molecule has 3 nitrogen and oxygen atoms in total. The van der Waals surface area contributed by atoms with Gasteiger partial charge in [0.05, 0.1) is 16.4 Å². The number of benzene rings is 4. The number of aromatic nitrogens is 2. The maximum atomic E-state index is 13.8. The Bertz CT molecular complexity index is 1460. The molecule has 1 heterocycles. The minimum Gasteiger partial charge on any atom is -0.330 e. The van der Waals surface area contributed by atoms with Gasteiger partial charge >= 0.3 is 0 Å². The number of fused-ring (bicyclic) bond motifs is 1. The molecule has 0 spiro atoms. The highest BCUT2D eigenvalue weighted by molar-refractivity contribution is 6.00. The summed E-state index contributed by atoms with van der Waals surface area (Å²) in [4.78, 5) is 19.0. The fourth-order valence-electron chi connectivity index (χ4n) is 5.95. The number of rotatable bonds is 5. The zero-order valence-electron chi connectivity index (χ0n) is 19.1. The van der Waals surface area contributed by atoms with Crippen molar-refractivity contribution in [3.8, 4) is 0 Å². The third-order valence-electron chi connectivity index (χ3n) is 7.50. The van der Waals surface area contributed by atoms with Gasteiger partial charge in [0.25, 0.3) is 0 Å². The third kappa shape index (κ3) is 3.04. The zero-order chi connectivity index (χ0) is 23.1. The Hall–Kier alpha value is -3.98. The molecule has 0 saturated heterocycles. The Morgan fingerprint density at radius 3 is 2.06 bits per heavy atom. The SMILES string of the molecule is Cn1c([C@]2(c3ccccc3)C[C@@H](C(=O)c3ccccc3)[C@@H]2c2ccccc2)nc2ccccc21. The topological polar surface area (TPSA) is 34.9 Å². The summed E-state index contributed by atoms with van der Waals surface area (Å²) in [6.45, 7) is 0. The van der Waals surface area contributed by atoms with Gasteiger partial charge in [0.1, 0.15) is 5.82 Å². The van der Waals surface area contributed by atoms with E-state index in [-0.39, 0.29) is 17.6 Å². The molecule has 166 valence electrons. The van der Waals surface area contributed by atoms with Crippen molar-refractivity contribution >= 4 is 16.8 Å². The van der Waals surface area contributed by atoms with E-state index in [9.17, 15) is 4.79 Å². The van der Waals surface area contributed by atoms with E-state index >= 15 is 0 Å². The van der Waals surface area contributed by atoms with Gasteiger partial charge in [-0.05, 0) is 29.7 Å². The van der Waals surface area contributed by atoms with Crippen molar-refractivity contribution in [3.63, 3.8) is 0 Å². The molecule has 5 aromatic rings. The lowest BCUT2D eigenvalue weighted by Gasteiger charge is -2.54. The van der Waals surface area contributed by atoms with Gasteiger partial charge in [-0.25, -0.2) is 4.98 Å². The molecule has 3 atom stereocenters. The highest BCUT2D eigenvalue weighted by Crippen LogP contribution is 2.62. The van der Waals surface area contributed by atoms with Gasteiger partial charge in [-0.1, -0.05) is 103 Å². The minimum absolute atomic E-state index is 0.0145. The fourth-order valence-corrected chi connectivity index (χ4v) is 5.95. The molecule has 1 aliphatic carbocycles. The summed E-state index contributed by atoms with van der Waals surface area (Å²) in [7, 11) is 2.10. The van der Waals surface area contributed by atoms with Crippen LogP contribution in [0.25, 0.3) is 11.0 Å². The highest BCUT2D eigenvalue weighted by atomic mass is 16.1. The first-order chi connectivity index (χ1) is 16.7. The van der Waals surface area contributed by atoms with Gasteiger partial charge in [-0.15, -0.1) is 0 Å². The Labute approximate surface area is 199 Å². The van der Waals surface area contributed by atoms with Crippen LogP contribution in [0.15, 0.2) is 115 Å². The van der Waals surface area contributed by atoms with Gasteiger partial charge < -0.3 is 4.57 Å². The predicted octanol–water partition coefficient (Wildman–Crippen LogP) is 6.55. The Morgan fingerprint density at radius 2 is 1.38 bits per heavy atom. The van der Waals surface area contributed by atoms with Gasteiger partial charge in [-0.2, -0.15) is 0 Å². The lowest BCUT2D eigenvalue weighted by molar-refractivity contribution is 0.0649. The van der Waals surface area contributed by atoms with E-state index in [2.05, 4.69) is 84.4 Å². The number of Topliss-reactive ketones (excluding diaryl/α,β-unsaturated/α-hetero) is 1. The van der Waals surface area contributed by atoms with Crippen LogP contribution in [0, 0.1) is 5.92 Å². The number of nitrogens with zero attached hydrogens (tertiary/aromatic N) is 2.